The van der Waals surface area contributed by atoms with Gasteiger partial charge in [-0.15, -0.1) is 0 Å². The van der Waals surface area contributed by atoms with Crippen LogP contribution in [0, 0.1) is 0 Å². The van der Waals surface area contributed by atoms with Crippen LogP contribution >= 0.6 is 0 Å². The summed E-state index contributed by atoms with van der Waals surface area (Å²) in [5.74, 6) is 0. The molecule has 1 aliphatic rings. The van der Waals surface area contributed by atoms with E-state index in [-0.39, 0.29) is 0 Å². The topological polar surface area (TPSA) is 18.1 Å². The molecule has 2 aromatic heterocycles. The van der Waals surface area contributed by atoms with Crippen LogP contribution in [0.2, 0.25) is 0 Å². The van der Waals surface area contributed by atoms with Crippen molar-refractivity contribution in [3.63, 3.8) is 0 Å². The molecule has 2 heteroatoms. The molecule has 0 spiro atoms. The number of para-hydroxylation sites is 2. The van der Waals surface area contributed by atoms with Crippen molar-refractivity contribution in [3.8, 4) is 5.69 Å². The van der Waals surface area contributed by atoms with Crippen molar-refractivity contribution in [2.24, 2.45) is 0 Å². The predicted octanol–water partition coefficient (Wildman–Crippen LogP) is 11.5. The van der Waals surface area contributed by atoms with Gasteiger partial charge in [-0.3, -0.25) is 0 Å². The standard InChI is InChI=1S/C42H27NO/c1-2-11-31-29(9-1)30-10-3-4-12-32(30)36-23-26(17-20-33(31)36)27-18-21-40-37(24-27)34-13-5-7-15-39(34)43(40)28-19-22-42-38(25-28)35-14-6-8-16-41(35)44-42/h1-16,18-19,21-25H,17,20H2. The van der Waals surface area contributed by atoms with Crippen molar-refractivity contribution < 1.29 is 4.42 Å². The van der Waals surface area contributed by atoms with Crippen molar-refractivity contribution in [2.45, 2.75) is 12.8 Å². The van der Waals surface area contributed by atoms with Gasteiger partial charge in [0.1, 0.15) is 11.2 Å². The molecular formula is C42H27NO. The van der Waals surface area contributed by atoms with Gasteiger partial charge in [0.2, 0.25) is 0 Å². The highest BCUT2D eigenvalue weighted by Crippen LogP contribution is 2.42. The summed E-state index contributed by atoms with van der Waals surface area (Å²) in [4.78, 5) is 0. The Balaban J connectivity index is 1.18. The first kappa shape index (κ1) is 23.9. The fourth-order valence-electron chi connectivity index (χ4n) is 7.71. The second kappa shape index (κ2) is 8.95. The van der Waals surface area contributed by atoms with Gasteiger partial charge in [0.15, 0.2) is 0 Å². The third-order valence-corrected chi connectivity index (χ3v) is 9.71. The molecule has 10 rings (SSSR count). The van der Waals surface area contributed by atoms with Gasteiger partial charge >= 0.3 is 0 Å². The van der Waals surface area contributed by atoms with Gasteiger partial charge in [0.05, 0.1) is 11.0 Å². The Morgan fingerprint density at radius 2 is 1.11 bits per heavy atom. The van der Waals surface area contributed by atoms with Crippen LogP contribution in [0.1, 0.15) is 23.1 Å². The molecule has 206 valence electrons. The molecule has 1 aliphatic carbocycles. The Kier molecular flexibility index (Phi) is 4.86. The largest absolute Gasteiger partial charge is 0.456 e. The number of rotatable bonds is 2. The summed E-state index contributed by atoms with van der Waals surface area (Å²) < 4.78 is 8.55. The Bertz CT molecular complexity index is 2660. The Labute approximate surface area is 254 Å². The minimum atomic E-state index is 0.919. The van der Waals surface area contributed by atoms with E-state index < -0.39 is 0 Å². The smallest absolute Gasteiger partial charge is 0.135 e. The van der Waals surface area contributed by atoms with Gasteiger partial charge in [-0.1, -0.05) is 97.1 Å². The van der Waals surface area contributed by atoms with Gasteiger partial charge in [0, 0.05) is 27.2 Å². The minimum Gasteiger partial charge on any atom is -0.456 e. The van der Waals surface area contributed by atoms with Crippen LogP contribution in [-0.2, 0) is 6.42 Å². The first-order valence-corrected chi connectivity index (χ1v) is 15.4. The van der Waals surface area contributed by atoms with E-state index >= 15 is 0 Å². The number of furan rings is 1. The number of fused-ring (bicyclic) bond motifs is 12. The third-order valence-electron chi connectivity index (χ3n) is 9.71. The molecule has 0 N–H and O–H groups in total. The molecule has 44 heavy (non-hydrogen) atoms. The molecule has 0 saturated heterocycles. The Morgan fingerprint density at radius 1 is 0.455 bits per heavy atom. The summed E-state index contributed by atoms with van der Waals surface area (Å²) in [5.41, 5.74) is 11.0. The van der Waals surface area contributed by atoms with Crippen molar-refractivity contribution in [1.82, 2.24) is 4.57 Å². The lowest BCUT2D eigenvalue weighted by Crippen LogP contribution is -2.02. The van der Waals surface area contributed by atoms with Crippen LogP contribution in [0.25, 0.3) is 82.6 Å². The monoisotopic (exact) mass is 561 g/mol. The van der Waals surface area contributed by atoms with Crippen LogP contribution in [0.5, 0.6) is 0 Å². The van der Waals surface area contributed by atoms with E-state index in [9.17, 15) is 0 Å². The van der Waals surface area contributed by atoms with Gasteiger partial charge in [-0.2, -0.15) is 0 Å². The molecule has 0 aliphatic heterocycles. The first-order chi connectivity index (χ1) is 21.8. The van der Waals surface area contributed by atoms with E-state index in [4.69, 9.17) is 4.42 Å². The van der Waals surface area contributed by atoms with Gasteiger partial charge in [0.25, 0.3) is 0 Å². The fraction of sp³-hybridized carbons (Fsp3) is 0.0476. The van der Waals surface area contributed by atoms with Crippen LogP contribution in [0.4, 0.5) is 0 Å². The second-order valence-electron chi connectivity index (χ2n) is 12.0. The van der Waals surface area contributed by atoms with Crippen LogP contribution in [0.3, 0.4) is 0 Å². The molecule has 0 saturated carbocycles. The molecule has 2 heterocycles. The van der Waals surface area contributed by atoms with Crippen molar-refractivity contribution in [1.29, 1.82) is 0 Å². The summed E-state index contributed by atoms with van der Waals surface area (Å²) in [6.07, 6.45) is 4.54. The third kappa shape index (κ3) is 3.31. The number of aromatic nitrogens is 1. The van der Waals surface area contributed by atoms with Crippen molar-refractivity contribution in [3.05, 3.63) is 150 Å². The zero-order valence-electron chi connectivity index (χ0n) is 24.0. The summed E-state index contributed by atoms with van der Waals surface area (Å²) in [6.45, 7) is 0. The SMILES string of the molecule is C1=C(c2ccc3c(c2)c2ccccc2n3-c2ccc3oc4ccccc4c3c2)CCc2c1c1ccccc1c1ccccc21. The van der Waals surface area contributed by atoms with Crippen molar-refractivity contribution >= 4 is 76.9 Å². The van der Waals surface area contributed by atoms with Gasteiger partial charge in [-0.05, 0) is 99.1 Å². The number of aryl methyl sites for hydroxylation is 1. The number of nitrogens with zero attached hydrogens (tertiary/aromatic N) is 1. The molecule has 9 aromatic rings. The van der Waals surface area contributed by atoms with Gasteiger partial charge < -0.3 is 8.98 Å². The van der Waals surface area contributed by atoms with Crippen molar-refractivity contribution in [2.75, 3.05) is 0 Å². The zero-order valence-corrected chi connectivity index (χ0v) is 24.0. The molecule has 0 unspecified atom stereocenters. The highest BCUT2D eigenvalue weighted by molar-refractivity contribution is 6.15. The van der Waals surface area contributed by atoms with Crippen LogP contribution in [-0.4, -0.2) is 4.57 Å². The maximum Gasteiger partial charge on any atom is 0.135 e. The molecule has 0 amide bonds. The number of hydrogen-bond acceptors (Lipinski definition) is 1. The van der Waals surface area contributed by atoms with Gasteiger partial charge in [-0.25, -0.2) is 0 Å². The lowest BCUT2D eigenvalue weighted by molar-refractivity contribution is 0.669. The summed E-state index contributed by atoms with van der Waals surface area (Å²) in [7, 11) is 0. The normalized spacial score (nSPS) is 13.4. The maximum atomic E-state index is 6.14. The molecule has 0 radical (unpaired) electrons. The molecule has 0 fully saturated rings. The van der Waals surface area contributed by atoms with E-state index in [1.54, 1.807) is 0 Å². The quantitative estimate of drug-likeness (QED) is 0.192. The van der Waals surface area contributed by atoms with E-state index in [0.29, 0.717) is 0 Å². The molecule has 7 aromatic carbocycles. The number of benzene rings is 7. The average molecular weight is 562 g/mol. The first-order valence-electron chi connectivity index (χ1n) is 15.4. The summed E-state index contributed by atoms with van der Waals surface area (Å²) in [5, 5.41) is 10.3. The van der Waals surface area contributed by atoms with Crippen LogP contribution < -0.4 is 0 Å². The Morgan fingerprint density at radius 3 is 1.98 bits per heavy atom. The van der Waals surface area contributed by atoms with E-state index in [1.807, 2.05) is 12.1 Å². The molecule has 0 atom stereocenters. The zero-order chi connectivity index (χ0) is 28.8. The van der Waals surface area contributed by atoms with Crippen LogP contribution in [0.15, 0.2) is 138 Å². The van der Waals surface area contributed by atoms with E-state index in [0.717, 1.165) is 40.5 Å². The lowest BCUT2D eigenvalue weighted by Gasteiger charge is -2.22. The fourth-order valence-corrected chi connectivity index (χ4v) is 7.71. The minimum absolute atomic E-state index is 0.919. The Hall–Kier alpha value is -5.60. The molecular weight excluding hydrogens is 534 g/mol. The highest BCUT2D eigenvalue weighted by Gasteiger charge is 2.20. The maximum absolute atomic E-state index is 6.14. The highest BCUT2D eigenvalue weighted by atomic mass is 16.3. The lowest BCUT2D eigenvalue weighted by atomic mass is 9.82. The number of allylic oxidation sites excluding steroid dienone is 1. The second-order valence-corrected chi connectivity index (χ2v) is 12.0. The number of hydrogen-bond donors (Lipinski definition) is 0. The summed E-state index contributed by atoms with van der Waals surface area (Å²) >= 11 is 0. The molecule has 2 nitrogen and oxygen atoms in total. The van der Waals surface area contributed by atoms with E-state index in [2.05, 4.69) is 132 Å². The van der Waals surface area contributed by atoms with E-state index in [1.165, 1.54) is 65.6 Å². The molecule has 0 bridgehead atoms. The predicted molar refractivity (Wildman–Crippen MR) is 186 cm³/mol. The summed E-state index contributed by atoms with van der Waals surface area (Å²) in [6, 6.07) is 48.5. The average Bonchev–Trinajstić information content (AvgIpc) is 3.63.